The maximum Gasteiger partial charge on any atom is 0.360 e. The molecule has 0 aliphatic carbocycles. The van der Waals surface area contributed by atoms with Crippen LogP contribution in [0, 0.1) is 0 Å². The number of esters is 1. The molecule has 1 heterocycles. The van der Waals surface area contributed by atoms with Crippen LogP contribution in [0.3, 0.4) is 0 Å². The number of fused-ring (bicyclic) bond motifs is 1. The zero-order valence-corrected chi connectivity index (χ0v) is 16.2. The van der Waals surface area contributed by atoms with Crippen molar-refractivity contribution in [3.8, 4) is 0 Å². The second kappa shape index (κ2) is 9.17. The second-order valence-corrected chi connectivity index (χ2v) is 6.58. The van der Waals surface area contributed by atoms with Gasteiger partial charge in [0.2, 0.25) is 5.89 Å². The summed E-state index contributed by atoms with van der Waals surface area (Å²) in [6, 6.07) is 13.5. The minimum atomic E-state index is -0.562. The van der Waals surface area contributed by atoms with E-state index in [-0.39, 0.29) is 18.1 Å². The van der Waals surface area contributed by atoms with Gasteiger partial charge in [0, 0.05) is 12.1 Å². The molecule has 6 heteroatoms. The standard InChI is InChI=1S/C22H24N2O4/c1-3-4-7-13-24(14-20-23-19(15-28-20)22(26)27-2)21(25)18-12-8-10-16-9-5-6-11-17(16)18/h5-6,8-12,15H,3-4,7,13-14H2,1-2H3. The van der Waals surface area contributed by atoms with Crippen LogP contribution in [0.5, 0.6) is 0 Å². The lowest BCUT2D eigenvalue weighted by Crippen LogP contribution is -2.32. The number of ether oxygens (including phenoxy) is 1. The molecule has 3 rings (SSSR count). The molecule has 0 fully saturated rings. The summed E-state index contributed by atoms with van der Waals surface area (Å²) in [5, 5.41) is 1.93. The first-order chi connectivity index (χ1) is 13.6. The highest BCUT2D eigenvalue weighted by atomic mass is 16.5. The Morgan fingerprint density at radius 1 is 1.11 bits per heavy atom. The lowest BCUT2D eigenvalue weighted by molar-refractivity contribution is 0.0594. The fraction of sp³-hybridized carbons (Fsp3) is 0.318. The first kappa shape index (κ1) is 19.6. The Kier molecular flexibility index (Phi) is 6.42. The molecule has 0 bridgehead atoms. The minimum Gasteiger partial charge on any atom is -0.464 e. The number of hydrogen-bond donors (Lipinski definition) is 0. The third kappa shape index (κ3) is 4.39. The molecule has 146 valence electrons. The second-order valence-electron chi connectivity index (χ2n) is 6.58. The number of amides is 1. The lowest BCUT2D eigenvalue weighted by atomic mass is 10.0. The molecule has 1 amide bonds. The van der Waals surface area contributed by atoms with Gasteiger partial charge in [0.1, 0.15) is 6.26 Å². The van der Waals surface area contributed by atoms with Crippen LogP contribution >= 0.6 is 0 Å². The van der Waals surface area contributed by atoms with Crippen LogP contribution in [0.2, 0.25) is 0 Å². The molecular weight excluding hydrogens is 356 g/mol. The highest BCUT2D eigenvalue weighted by Crippen LogP contribution is 2.21. The highest BCUT2D eigenvalue weighted by molar-refractivity contribution is 6.07. The summed E-state index contributed by atoms with van der Waals surface area (Å²) in [5.41, 5.74) is 0.748. The van der Waals surface area contributed by atoms with Gasteiger partial charge >= 0.3 is 5.97 Å². The number of benzene rings is 2. The van der Waals surface area contributed by atoms with Crippen LogP contribution in [0.1, 0.15) is 52.9 Å². The molecule has 3 aromatic rings. The molecule has 28 heavy (non-hydrogen) atoms. The van der Waals surface area contributed by atoms with E-state index in [9.17, 15) is 9.59 Å². The van der Waals surface area contributed by atoms with Crippen molar-refractivity contribution in [2.45, 2.75) is 32.7 Å². The number of nitrogens with zero attached hydrogens (tertiary/aromatic N) is 2. The number of carbonyl (C=O) groups is 2. The quantitative estimate of drug-likeness (QED) is 0.426. The van der Waals surface area contributed by atoms with Gasteiger partial charge in [-0.05, 0) is 23.3 Å². The number of aromatic nitrogens is 1. The van der Waals surface area contributed by atoms with Crippen molar-refractivity contribution < 1.29 is 18.7 Å². The van der Waals surface area contributed by atoms with Gasteiger partial charge in [-0.1, -0.05) is 56.2 Å². The summed E-state index contributed by atoms with van der Waals surface area (Å²) in [5.74, 6) is -0.330. The smallest absolute Gasteiger partial charge is 0.360 e. The van der Waals surface area contributed by atoms with E-state index in [1.54, 1.807) is 4.90 Å². The van der Waals surface area contributed by atoms with Crippen molar-refractivity contribution in [2.75, 3.05) is 13.7 Å². The maximum absolute atomic E-state index is 13.3. The van der Waals surface area contributed by atoms with Crippen LogP contribution in [0.25, 0.3) is 10.8 Å². The van der Waals surface area contributed by atoms with Crippen LogP contribution in [-0.2, 0) is 11.3 Å². The van der Waals surface area contributed by atoms with Gasteiger partial charge in [-0.2, -0.15) is 0 Å². The average molecular weight is 380 g/mol. The van der Waals surface area contributed by atoms with Crippen LogP contribution in [0.15, 0.2) is 53.1 Å². The van der Waals surface area contributed by atoms with Crippen molar-refractivity contribution in [1.29, 1.82) is 0 Å². The third-order valence-electron chi connectivity index (χ3n) is 4.61. The summed E-state index contributed by atoms with van der Waals surface area (Å²) in [6.45, 7) is 2.90. The van der Waals surface area contributed by atoms with E-state index >= 15 is 0 Å². The van der Waals surface area contributed by atoms with E-state index in [1.807, 2.05) is 42.5 Å². The SMILES string of the molecule is CCCCCN(Cc1nc(C(=O)OC)co1)C(=O)c1cccc2ccccc12. The number of methoxy groups -OCH3 is 1. The predicted octanol–water partition coefficient (Wildman–Crippen LogP) is 4.45. The third-order valence-corrected chi connectivity index (χ3v) is 4.61. The van der Waals surface area contributed by atoms with Crippen molar-refractivity contribution in [3.63, 3.8) is 0 Å². The topological polar surface area (TPSA) is 72.6 Å². The monoisotopic (exact) mass is 380 g/mol. The average Bonchev–Trinajstić information content (AvgIpc) is 3.20. The normalized spacial score (nSPS) is 10.8. The Morgan fingerprint density at radius 3 is 2.68 bits per heavy atom. The molecule has 1 aromatic heterocycles. The Labute approximate surface area is 164 Å². The van der Waals surface area contributed by atoms with Gasteiger partial charge < -0.3 is 14.1 Å². The van der Waals surface area contributed by atoms with Crippen LogP contribution in [-0.4, -0.2) is 35.4 Å². The molecule has 0 atom stereocenters. The Bertz CT molecular complexity index is 959. The van der Waals surface area contributed by atoms with Crippen LogP contribution < -0.4 is 0 Å². The fourth-order valence-electron chi connectivity index (χ4n) is 3.13. The molecule has 2 aromatic carbocycles. The maximum atomic E-state index is 13.3. The van der Waals surface area contributed by atoms with Gasteiger partial charge in [-0.3, -0.25) is 4.79 Å². The predicted molar refractivity (Wildman–Crippen MR) is 106 cm³/mol. The van der Waals surface area contributed by atoms with Gasteiger partial charge in [-0.15, -0.1) is 0 Å². The highest BCUT2D eigenvalue weighted by Gasteiger charge is 2.21. The van der Waals surface area contributed by atoms with Gasteiger partial charge in [-0.25, -0.2) is 9.78 Å². The summed E-state index contributed by atoms with van der Waals surface area (Å²) in [7, 11) is 1.29. The Balaban J connectivity index is 1.87. The van der Waals surface area contributed by atoms with E-state index in [2.05, 4.69) is 16.6 Å². The Hall–Kier alpha value is -3.15. The molecule has 0 saturated heterocycles. The number of rotatable bonds is 8. The summed E-state index contributed by atoms with van der Waals surface area (Å²) in [6.07, 6.45) is 4.23. The number of unbranched alkanes of at least 4 members (excludes halogenated alkanes) is 2. The van der Waals surface area contributed by atoms with E-state index in [1.165, 1.54) is 13.4 Å². The molecule has 0 aliphatic rings. The molecule has 0 spiro atoms. The van der Waals surface area contributed by atoms with Crippen molar-refractivity contribution >= 4 is 22.6 Å². The molecule has 0 aliphatic heterocycles. The van der Waals surface area contributed by atoms with Crippen molar-refractivity contribution in [1.82, 2.24) is 9.88 Å². The summed E-state index contributed by atoms with van der Waals surface area (Å²) >= 11 is 0. The lowest BCUT2D eigenvalue weighted by Gasteiger charge is -2.22. The van der Waals surface area contributed by atoms with Crippen molar-refractivity contribution in [3.05, 3.63) is 65.9 Å². The van der Waals surface area contributed by atoms with Crippen LogP contribution in [0.4, 0.5) is 0 Å². The summed E-state index contributed by atoms with van der Waals surface area (Å²) < 4.78 is 10.0. The van der Waals surface area contributed by atoms with Crippen molar-refractivity contribution in [2.24, 2.45) is 0 Å². The molecule has 0 unspecified atom stereocenters. The first-order valence-corrected chi connectivity index (χ1v) is 9.43. The molecular formula is C22H24N2O4. The van der Waals surface area contributed by atoms with E-state index in [0.29, 0.717) is 18.0 Å². The number of hydrogen-bond acceptors (Lipinski definition) is 5. The van der Waals surface area contributed by atoms with Gasteiger partial charge in [0.25, 0.3) is 5.91 Å². The fourth-order valence-corrected chi connectivity index (χ4v) is 3.13. The molecule has 0 saturated carbocycles. The van der Waals surface area contributed by atoms with E-state index in [0.717, 1.165) is 30.0 Å². The van der Waals surface area contributed by atoms with Gasteiger partial charge in [0.15, 0.2) is 5.69 Å². The molecule has 6 nitrogen and oxygen atoms in total. The van der Waals surface area contributed by atoms with Gasteiger partial charge in [0.05, 0.1) is 13.7 Å². The van der Waals surface area contributed by atoms with E-state index < -0.39 is 5.97 Å². The first-order valence-electron chi connectivity index (χ1n) is 9.43. The summed E-state index contributed by atoms with van der Waals surface area (Å²) in [4.78, 5) is 30.8. The number of carbonyl (C=O) groups excluding carboxylic acids is 2. The largest absolute Gasteiger partial charge is 0.464 e. The molecule has 0 N–H and O–H groups in total. The molecule has 0 radical (unpaired) electrons. The zero-order chi connectivity index (χ0) is 19.9. The Morgan fingerprint density at radius 2 is 1.89 bits per heavy atom. The number of oxazole rings is 1. The minimum absolute atomic E-state index is 0.0780. The van der Waals surface area contributed by atoms with E-state index in [4.69, 9.17) is 4.42 Å². The zero-order valence-electron chi connectivity index (χ0n) is 16.2.